The molecule has 1 fully saturated rings. The number of benzene rings is 2. The van der Waals surface area contributed by atoms with Crippen molar-refractivity contribution in [2.24, 2.45) is 0 Å². The Kier molecular flexibility index (Phi) is 5.53. The minimum atomic E-state index is -0.351. The van der Waals surface area contributed by atoms with Crippen molar-refractivity contribution in [3.63, 3.8) is 0 Å². The number of nitrogens with zero attached hydrogens (tertiary/aromatic N) is 2. The topological polar surface area (TPSA) is 36.7 Å². The van der Waals surface area contributed by atoms with Crippen molar-refractivity contribution in [3.8, 4) is 0 Å². The number of piperidine rings is 1. The lowest BCUT2D eigenvalue weighted by atomic mass is 10.0. The third-order valence-corrected chi connectivity index (χ3v) is 5.21. The number of carbonyl (C=O) groups excluding carboxylic acids is 1. The molecule has 1 aliphatic heterocycles. The first-order valence-electron chi connectivity index (χ1n) is 9.59. The predicted molar refractivity (Wildman–Crippen MR) is 107 cm³/mol. The van der Waals surface area contributed by atoms with Crippen LogP contribution in [0.2, 0.25) is 0 Å². The van der Waals surface area contributed by atoms with Crippen LogP contribution >= 0.6 is 0 Å². The normalized spacial score (nSPS) is 15.5. The summed E-state index contributed by atoms with van der Waals surface area (Å²) in [5, 5.41) is 0. The molecule has 2 heterocycles. The molecule has 0 N–H and O–H groups in total. The van der Waals surface area contributed by atoms with Gasteiger partial charge in [-0.05, 0) is 48.7 Å². The molecule has 0 bridgehead atoms. The van der Waals surface area contributed by atoms with Crippen LogP contribution in [-0.4, -0.2) is 29.9 Å². The van der Waals surface area contributed by atoms with Gasteiger partial charge in [-0.2, -0.15) is 0 Å². The molecule has 144 valence electrons. The van der Waals surface area contributed by atoms with E-state index in [1.807, 2.05) is 6.07 Å². The van der Waals surface area contributed by atoms with Crippen LogP contribution in [0, 0.1) is 5.82 Å². The molecule has 1 aliphatic rings. The molecule has 4 rings (SSSR count). The summed E-state index contributed by atoms with van der Waals surface area (Å²) in [4.78, 5) is 17.2. The zero-order valence-corrected chi connectivity index (χ0v) is 15.6. The van der Waals surface area contributed by atoms with Gasteiger partial charge in [-0.3, -0.25) is 9.69 Å². The summed E-state index contributed by atoms with van der Waals surface area (Å²) < 4.78 is 19.2. The van der Waals surface area contributed by atoms with Crippen LogP contribution in [0.15, 0.2) is 77.4 Å². The number of carbonyl (C=O) groups is 1. The van der Waals surface area contributed by atoms with Gasteiger partial charge in [0.1, 0.15) is 5.82 Å². The number of halogens is 1. The number of amides is 1. The van der Waals surface area contributed by atoms with Gasteiger partial charge in [0.2, 0.25) is 0 Å². The van der Waals surface area contributed by atoms with Gasteiger partial charge in [0.05, 0.1) is 6.26 Å². The lowest BCUT2D eigenvalue weighted by molar-refractivity contribution is 0.0931. The quantitative estimate of drug-likeness (QED) is 0.644. The van der Waals surface area contributed by atoms with E-state index >= 15 is 0 Å². The van der Waals surface area contributed by atoms with E-state index in [1.165, 1.54) is 24.0 Å². The smallest absolute Gasteiger partial charge is 0.294 e. The van der Waals surface area contributed by atoms with Gasteiger partial charge in [0.15, 0.2) is 5.76 Å². The van der Waals surface area contributed by atoms with Crippen molar-refractivity contribution in [1.29, 1.82) is 0 Å². The van der Waals surface area contributed by atoms with Crippen LogP contribution in [0.3, 0.4) is 0 Å². The lowest BCUT2D eigenvalue weighted by Crippen LogP contribution is -2.47. The van der Waals surface area contributed by atoms with Crippen LogP contribution in [0.1, 0.15) is 29.0 Å². The second-order valence-corrected chi connectivity index (χ2v) is 7.13. The summed E-state index contributed by atoms with van der Waals surface area (Å²) >= 11 is 0. The van der Waals surface area contributed by atoms with E-state index in [0.717, 1.165) is 32.5 Å². The second-order valence-electron chi connectivity index (χ2n) is 7.13. The SMILES string of the molecule is O=C(c1ccco1)N(c1cccc(F)c1)C1CCN(Cc2ccccc2)CC1. The van der Waals surface area contributed by atoms with Crippen LogP contribution < -0.4 is 4.90 Å². The van der Waals surface area contributed by atoms with Gasteiger partial charge in [-0.25, -0.2) is 4.39 Å². The Labute approximate surface area is 164 Å². The van der Waals surface area contributed by atoms with Crippen LogP contribution in [-0.2, 0) is 6.54 Å². The summed E-state index contributed by atoms with van der Waals surface area (Å²) in [6.07, 6.45) is 3.14. The maximum absolute atomic E-state index is 13.8. The van der Waals surface area contributed by atoms with E-state index in [4.69, 9.17) is 4.42 Å². The minimum absolute atomic E-state index is 0.00595. The number of rotatable bonds is 5. The van der Waals surface area contributed by atoms with Crippen molar-refractivity contribution in [2.75, 3.05) is 18.0 Å². The van der Waals surface area contributed by atoms with Gasteiger partial charge in [0.25, 0.3) is 5.91 Å². The van der Waals surface area contributed by atoms with Crippen molar-refractivity contribution in [1.82, 2.24) is 4.90 Å². The first-order chi connectivity index (χ1) is 13.7. The summed E-state index contributed by atoms with van der Waals surface area (Å²) in [5.41, 5.74) is 1.86. The van der Waals surface area contributed by atoms with E-state index in [2.05, 4.69) is 29.2 Å². The van der Waals surface area contributed by atoms with E-state index in [-0.39, 0.29) is 23.5 Å². The first kappa shape index (κ1) is 18.4. The monoisotopic (exact) mass is 378 g/mol. The van der Waals surface area contributed by atoms with Gasteiger partial charge >= 0.3 is 0 Å². The third-order valence-electron chi connectivity index (χ3n) is 5.21. The summed E-state index contributed by atoms with van der Waals surface area (Å²) in [6, 6.07) is 20.0. The highest BCUT2D eigenvalue weighted by atomic mass is 19.1. The maximum atomic E-state index is 13.8. The molecule has 28 heavy (non-hydrogen) atoms. The van der Waals surface area contributed by atoms with Gasteiger partial charge in [-0.15, -0.1) is 0 Å². The zero-order chi connectivity index (χ0) is 19.3. The van der Waals surface area contributed by atoms with Crippen LogP contribution in [0.25, 0.3) is 0 Å². The Hall–Kier alpha value is -2.92. The summed E-state index contributed by atoms with van der Waals surface area (Å²) in [6.45, 7) is 2.67. The fourth-order valence-corrected chi connectivity index (χ4v) is 3.82. The molecule has 0 spiro atoms. The third kappa shape index (κ3) is 4.15. The van der Waals surface area contributed by atoms with E-state index in [0.29, 0.717) is 5.69 Å². The van der Waals surface area contributed by atoms with Gasteiger partial charge < -0.3 is 9.32 Å². The highest BCUT2D eigenvalue weighted by Crippen LogP contribution is 2.27. The molecule has 0 radical (unpaired) electrons. The Balaban J connectivity index is 1.50. The van der Waals surface area contributed by atoms with Gasteiger partial charge in [-0.1, -0.05) is 36.4 Å². The molecular formula is C23H23FN2O2. The highest BCUT2D eigenvalue weighted by Gasteiger charge is 2.31. The van der Waals surface area contributed by atoms with Crippen molar-refractivity contribution < 1.29 is 13.6 Å². The zero-order valence-electron chi connectivity index (χ0n) is 15.6. The maximum Gasteiger partial charge on any atom is 0.294 e. The fraction of sp³-hybridized carbons (Fsp3) is 0.261. The molecule has 1 saturated heterocycles. The molecule has 0 saturated carbocycles. The average Bonchev–Trinajstić information content (AvgIpc) is 3.25. The van der Waals surface area contributed by atoms with Crippen molar-refractivity contribution in [2.45, 2.75) is 25.4 Å². The largest absolute Gasteiger partial charge is 0.459 e. The minimum Gasteiger partial charge on any atom is -0.459 e. The molecule has 0 aliphatic carbocycles. The van der Waals surface area contributed by atoms with Gasteiger partial charge in [0, 0.05) is 31.4 Å². The molecular weight excluding hydrogens is 355 g/mol. The van der Waals surface area contributed by atoms with Crippen LogP contribution in [0.4, 0.5) is 10.1 Å². The number of anilines is 1. The molecule has 2 aromatic carbocycles. The predicted octanol–water partition coefficient (Wildman–Crippen LogP) is 4.73. The average molecular weight is 378 g/mol. The standard InChI is InChI=1S/C23H23FN2O2/c24-19-8-4-9-21(16-19)26(23(27)22-10-5-15-28-22)20-11-13-25(14-12-20)17-18-6-2-1-3-7-18/h1-10,15-16,20H,11-14,17H2. The summed E-state index contributed by atoms with van der Waals surface area (Å²) in [5.74, 6) is -0.302. The van der Waals surface area contributed by atoms with Crippen molar-refractivity contribution in [3.05, 3.63) is 90.1 Å². The molecule has 5 heteroatoms. The number of furan rings is 1. The Morgan fingerprint density at radius 2 is 1.82 bits per heavy atom. The first-order valence-corrected chi connectivity index (χ1v) is 9.59. The molecule has 0 atom stereocenters. The van der Waals surface area contributed by atoms with Crippen molar-refractivity contribution >= 4 is 11.6 Å². The molecule has 3 aromatic rings. The van der Waals surface area contributed by atoms with E-state index in [1.54, 1.807) is 29.2 Å². The Bertz CT molecular complexity index is 903. The number of likely N-dealkylation sites (tertiary alicyclic amines) is 1. The molecule has 1 aromatic heterocycles. The highest BCUT2D eigenvalue weighted by molar-refractivity contribution is 6.04. The Morgan fingerprint density at radius 3 is 2.50 bits per heavy atom. The molecule has 1 amide bonds. The molecule has 0 unspecified atom stereocenters. The van der Waals surface area contributed by atoms with E-state index in [9.17, 15) is 9.18 Å². The fourth-order valence-electron chi connectivity index (χ4n) is 3.82. The number of hydrogen-bond acceptors (Lipinski definition) is 3. The molecule has 4 nitrogen and oxygen atoms in total. The lowest BCUT2D eigenvalue weighted by Gasteiger charge is -2.38. The van der Waals surface area contributed by atoms with E-state index < -0.39 is 0 Å². The summed E-state index contributed by atoms with van der Waals surface area (Å²) in [7, 11) is 0. The Morgan fingerprint density at radius 1 is 1.04 bits per heavy atom. The van der Waals surface area contributed by atoms with Crippen LogP contribution in [0.5, 0.6) is 0 Å². The number of hydrogen-bond donors (Lipinski definition) is 0. The second kappa shape index (κ2) is 8.40.